The van der Waals surface area contributed by atoms with E-state index in [0.29, 0.717) is 11.6 Å². The molecule has 0 heterocycles. The van der Waals surface area contributed by atoms with Gasteiger partial charge in [-0.15, -0.1) is 0 Å². The van der Waals surface area contributed by atoms with Crippen molar-refractivity contribution < 1.29 is 14.6 Å². The number of carboxylic acid groups (broad SMARTS) is 1. The van der Waals surface area contributed by atoms with Crippen molar-refractivity contribution in [2.75, 3.05) is 7.11 Å². The average molecular weight is 201 g/mol. The predicted octanol–water partition coefficient (Wildman–Crippen LogP) is 2.18. The molecule has 0 spiro atoms. The third-order valence-electron chi connectivity index (χ3n) is 1.52. The smallest absolute Gasteiger partial charge is 0.335 e. The number of ether oxygens (including phenoxy) is 1. The Hall–Kier alpha value is -1.06. The highest BCUT2D eigenvalue weighted by atomic mass is 35.5. The van der Waals surface area contributed by atoms with Gasteiger partial charge in [0.1, 0.15) is 0 Å². The number of rotatable bonds is 3. The Morgan fingerprint density at radius 2 is 2.23 bits per heavy atom. The Bertz CT molecular complexity index is 323. The lowest BCUT2D eigenvalue weighted by molar-refractivity contribution is 0.0696. The molecular weight excluding hydrogens is 192 g/mol. The Morgan fingerprint density at radius 3 is 2.77 bits per heavy atom. The monoisotopic (exact) mass is 200 g/mol. The van der Waals surface area contributed by atoms with E-state index in [-0.39, 0.29) is 5.56 Å². The first-order valence-corrected chi connectivity index (χ1v) is 4.03. The second kappa shape index (κ2) is 4.25. The molecule has 3 nitrogen and oxygen atoms in total. The number of carbonyl (C=O) groups is 1. The molecule has 70 valence electrons. The number of aromatic carboxylic acids is 1. The molecule has 0 saturated heterocycles. The molecular formula is C9H9ClO3. The SMILES string of the molecule is COCc1cc(Cl)cc(C(=O)O)c1. The topological polar surface area (TPSA) is 46.5 Å². The van der Waals surface area contributed by atoms with Crippen LogP contribution in [0.2, 0.25) is 5.02 Å². The largest absolute Gasteiger partial charge is 0.478 e. The summed E-state index contributed by atoms with van der Waals surface area (Å²) in [4.78, 5) is 10.6. The zero-order valence-corrected chi connectivity index (χ0v) is 7.84. The number of hydrogen-bond acceptors (Lipinski definition) is 2. The van der Waals surface area contributed by atoms with Crippen LogP contribution in [0.1, 0.15) is 15.9 Å². The molecule has 0 bridgehead atoms. The first-order valence-electron chi connectivity index (χ1n) is 3.65. The summed E-state index contributed by atoms with van der Waals surface area (Å²) in [6.07, 6.45) is 0. The van der Waals surface area contributed by atoms with Crippen LogP contribution in [-0.4, -0.2) is 18.2 Å². The molecule has 0 atom stereocenters. The maximum absolute atomic E-state index is 10.6. The summed E-state index contributed by atoms with van der Waals surface area (Å²) < 4.78 is 4.87. The van der Waals surface area contributed by atoms with E-state index in [1.165, 1.54) is 12.1 Å². The van der Waals surface area contributed by atoms with Crippen LogP contribution in [0.4, 0.5) is 0 Å². The summed E-state index contributed by atoms with van der Waals surface area (Å²) in [5, 5.41) is 9.11. The zero-order valence-electron chi connectivity index (χ0n) is 7.08. The van der Waals surface area contributed by atoms with E-state index in [1.807, 2.05) is 0 Å². The minimum Gasteiger partial charge on any atom is -0.478 e. The second-order valence-corrected chi connectivity index (χ2v) is 3.02. The summed E-state index contributed by atoms with van der Waals surface area (Å²) in [5.74, 6) is -0.986. The number of methoxy groups -OCH3 is 1. The highest BCUT2D eigenvalue weighted by Gasteiger charge is 2.05. The maximum Gasteiger partial charge on any atom is 0.335 e. The van der Waals surface area contributed by atoms with Crippen molar-refractivity contribution in [1.82, 2.24) is 0 Å². The standard InChI is InChI=1S/C9H9ClO3/c1-13-5-6-2-7(9(11)12)4-8(10)3-6/h2-4H,5H2,1H3,(H,11,12). The van der Waals surface area contributed by atoms with Crippen LogP contribution in [-0.2, 0) is 11.3 Å². The summed E-state index contributed by atoms with van der Waals surface area (Å²) in [6.45, 7) is 0.362. The van der Waals surface area contributed by atoms with Gasteiger partial charge in [-0.05, 0) is 23.8 Å². The van der Waals surface area contributed by atoms with E-state index >= 15 is 0 Å². The number of halogens is 1. The van der Waals surface area contributed by atoms with E-state index < -0.39 is 5.97 Å². The molecule has 0 aliphatic carbocycles. The third kappa shape index (κ3) is 2.72. The van der Waals surface area contributed by atoms with Gasteiger partial charge in [0.05, 0.1) is 12.2 Å². The quantitative estimate of drug-likeness (QED) is 0.814. The lowest BCUT2D eigenvalue weighted by Gasteiger charge is -2.02. The van der Waals surface area contributed by atoms with Crippen LogP contribution in [0, 0.1) is 0 Å². The van der Waals surface area contributed by atoms with Crippen LogP contribution in [0.3, 0.4) is 0 Å². The van der Waals surface area contributed by atoms with Crippen LogP contribution in [0.5, 0.6) is 0 Å². The van der Waals surface area contributed by atoms with E-state index in [4.69, 9.17) is 21.4 Å². The molecule has 1 rings (SSSR count). The lowest BCUT2D eigenvalue weighted by atomic mass is 10.1. The van der Waals surface area contributed by atoms with Crippen LogP contribution < -0.4 is 0 Å². The van der Waals surface area contributed by atoms with Gasteiger partial charge in [-0.25, -0.2) is 4.79 Å². The fourth-order valence-corrected chi connectivity index (χ4v) is 1.28. The second-order valence-electron chi connectivity index (χ2n) is 2.59. The van der Waals surface area contributed by atoms with Gasteiger partial charge in [0.15, 0.2) is 0 Å². The van der Waals surface area contributed by atoms with E-state index in [0.717, 1.165) is 5.56 Å². The Balaban J connectivity index is 3.03. The Morgan fingerprint density at radius 1 is 1.54 bits per heavy atom. The molecule has 4 heteroatoms. The van der Waals surface area contributed by atoms with Crippen molar-refractivity contribution in [3.63, 3.8) is 0 Å². The molecule has 1 aromatic rings. The van der Waals surface area contributed by atoms with E-state index in [9.17, 15) is 4.79 Å². The van der Waals surface area contributed by atoms with Crippen molar-refractivity contribution >= 4 is 17.6 Å². The minimum atomic E-state index is -0.986. The molecule has 0 amide bonds. The predicted molar refractivity (Wildman–Crippen MR) is 49.1 cm³/mol. The minimum absolute atomic E-state index is 0.180. The molecule has 13 heavy (non-hydrogen) atoms. The number of hydrogen-bond donors (Lipinski definition) is 1. The van der Waals surface area contributed by atoms with E-state index in [1.54, 1.807) is 13.2 Å². The van der Waals surface area contributed by atoms with Crippen molar-refractivity contribution in [2.24, 2.45) is 0 Å². The highest BCUT2D eigenvalue weighted by Crippen LogP contribution is 2.15. The molecule has 0 radical (unpaired) electrons. The highest BCUT2D eigenvalue weighted by molar-refractivity contribution is 6.31. The molecule has 0 aromatic heterocycles. The van der Waals surface area contributed by atoms with Crippen LogP contribution in [0.25, 0.3) is 0 Å². The first kappa shape index (κ1) is 10.0. The molecule has 1 N–H and O–H groups in total. The van der Waals surface area contributed by atoms with E-state index in [2.05, 4.69) is 0 Å². The van der Waals surface area contributed by atoms with Gasteiger partial charge >= 0.3 is 5.97 Å². The molecule has 0 aliphatic rings. The fourth-order valence-electron chi connectivity index (χ4n) is 1.02. The van der Waals surface area contributed by atoms with Gasteiger partial charge in [0.25, 0.3) is 0 Å². The van der Waals surface area contributed by atoms with Crippen molar-refractivity contribution in [1.29, 1.82) is 0 Å². The Labute approximate surface area is 80.9 Å². The van der Waals surface area contributed by atoms with Gasteiger partial charge in [0.2, 0.25) is 0 Å². The van der Waals surface area contributed by atoms with Gasteiger partial charge < -0.3 is 9.84 Å². The van der Waals surface area contributed by atoms with Crippen molar-refractivity contribution in [2.45, 2.75) is 6.61 Å². The van der Waals surface area contributed by atoms with Crippen LogP contribution >= 0.6 is 11.6 Å². The lowest BCUT2D eigenvalue weighted by Crippen LogP contribution is -1.98. The van der Waals surface area contributed by atoms with Gasteiger partial charge in [-0.1, -0.05) is 11.6 Å². The maximum atomic E-state index is 10.6. The summed E-state index contributed by atoms with van der Waals surface area (Å²) >= 11 is 5.71. The zero-order chi connectivity index (χ0) is 9.84. The van der Waals surface area contributed by atoms with Gasteiger partial charge in [-0.2, -0.15) is 0 Å². The average Bonchev–Trinajstić information content (AvgIpc) is 2.03. The van der Waals surface area contributed by atoms with Gasteiger partial charge in [0, 0.05) is 12.1 Å². The third-order valence-corrected chi connectivity index (χ3v) is 1.73. The molecule has 0 aliphatic heterocycles. The van der Waals surface area contributed by atoms with Crippen molar-refractivity contribution in [3.05, 3.63) is 34.3 Å². The number of carboxylic acids is 1. The molecule has 0 saturated carbocycles. The summed E-state index contributed by atoms with van der Waals surface area (Å²) in [7, 11) is 1.54. The summed E-state index contributed by atoms with van der Waals surface area (Å²) in [6, 6.07) is 4.62. The fraction of sp³-hybridized carbons (Fsp3) is 0.222. The molecule has 0 fully saturated rings. The molecule has 1 aromatic carbocycles. The Kier molecular flexibility index (Phi) is 3.28. The first-order chi connectivity index (χ1) is 6.13. The summed E-state index contributed by atoms with van der Waals surface area (Å²) in [5.41, 5.74) is 0.937. The van der Waals surface area contributed by atoms with Gasteiger partial charge in [-0.3, -0.25) is 0 Å². The van der Waals surface area contributed by atoms with Crippen molar-refractivity contribution in [3.8, 4) is 0 Å². The normalized spacial score (nSPS) is 10.0. The van der Waals surface area contributed by atoms with Crippen LogP contribution in [0.15, 0.2) is 18.2 Å². The number of benzene rings is 1. The molecule has 0 unspecified atom stereocenters.